The van der Waals surface area contributed by atoms with Crippen LogP contribution < -0.4 is 10.1 Å². The summed E-state index contributed by atoms with van der Waals surface area (Å²) in [5.41, 5.74) is 0.640. The molecule has 4 amide bonds. The van der Waals surface area contributed by atoms with Crippen molar-refractivity contribution in [2.75, 3.05) is 31.8 Å². The predicted molar refractivity (Wildman–Crippen MR) is 130 cm³/mol. The van der Waals surface area contributed by atoms with Crippen LogP contribution in [0.3, 0.4) is 0 Å². The number of amidine groups is 2. The summed E-state index contributed by atoms with van der Waals surface area (Å²) in [6.07, 6.45) is 0. The summed E-state index contributed by atoms with van der Waals surface area (Å²) < 4.78 is 6.77. The maximum Gasteiger partial charge on any atom is 0.445 e. The van der Waals surface area contributed by atoms with Crippen LogP contribution in [0.5, 0.6) is 5.75 Å². The molecule has 11 heteroatoms. The van der Waals surface area contributed by atoms with Gasteiger partial charge in [0.1, 0.15) is 10.8 Å². The summed E-state index contributed by atoms with van der Waals surface area (Å²) in [4.78, 5) is 48.9. The minimum Gasteiger partial charge on any atom is -0.494 e. The molecule has 1 aromatic carbocycles. The number of nitrogens with zero attached hydrogens (tertiary/aromatic N) is 4. The van der Waals surface area contributed by atoms with Crippen molar-refractivity contribution >= 4 is 63.3 Å². The van der Waals surface area contributed by atoms with E-state index in [4.69, 9.17) is 4.74 Å². The van der Waals surface area contributed by atoms with Gasteiger partial charge in [-0.1, -0.05) is 22.8 Å². The first kappa shape index (κ1) is 22.9. The zero-order chi connectivity index (χ0) is 23.5. The van der Waals surface area contributed by atoms with Crippen LogP contribution >= 0.6 is 23.1 Å². The lowest BCUT2D eigenvalue weighted by molar-refractivity contribution is -0.407. The minimum absolute atomic E-state index is 0.0438. The smallest absolute Gasteiger partial charge is 0.445 e. The molecule has 1 atom stereocenters. The number of nitrogens with one attached hydrogen (secondary N) is 1. The fourth-order valence-electron chi connectivity index (χ4n) is 3.34. The summed E-state index contributed by atoms with van der Waals surface area (Å²) in [5.74, 6) is 0.0176. The summed E-state index contributed by atoms with van der Waals surface area (Å²) in [6, 6.07) is 10.4. The molecule has 1 N–H and O–H groups in total. The second-order valence-electron chi connectivity index (χ2n) is 7.19. The highest BCUT2D eigenvalue weighted by Crippen LogP contribution is 2.27. The quantitative estimate of drug-likeness (QED) is 0.635. The number of rotatable bonds is 6. The van der Waals surface area contributed by atoms with Crippen LogP contribution in [0.2, 0.25) is 0 Å². The highest BCUT2D eigenvalue weighted by Gasteiger charge is 2.49. The van der Waals surface area contributed by atoms with E-state index in [1.165, 1.54) is 23.0 Å². The van der Waals surface area contributed by atoms with Gasteiger partial charge in [0.2, 0.25) is 11.7 Å². The molecule has 9 nitrogen and oxygen atoms in total. The Morgan fingerprint density at radius 2 is 2.00 bits per heavy atom. The van der Waals surface area contributed by atoms with E-state index >= 15 is 0 Å². The number of carbonyl (C=O) groups is 3. The molecular weight excluding hydrogens is 462 g/mol. The molecular formula is C22H22N5O4S2+. The van der Waals surface area contributed by atoms with E-state index in [-0.39, 0.29) is 11.7 Å². The van der Waals surface area contributed by atoms with E-state index in [1.54, 1.807) is 31.3 Å². The number of hydrogen-bond acceptors (Lipinski definition) is 8. The molecule has 3 heterocycles. The number of thiophene rings is 1. The largest absolute Gasteiger partial charge is 0.494 e. The molecule has 2 aliphatic rings. The second kappa shape index (κ2) is 9.67. The number of carbonyl (C=O) groups excluding carboxylic acids is 3. The van der Waals surface area contributed by atoms with Crippen molar-refractivity contribution in [1.82, 2.24) is 4.90 Å². The van der Waals surface area contributed by atoms with Gasteiger partial charge in [-0.05, 0) is 42.6 Å². The zero-order valence-corrected chi connectivity index (χ0v) is 19.9. The van der Waals surface area contributed by atoms with Crippen molar-refractivity contribution < 1.29 is 23.7 Å². The minimum atomic E-state index is -0.829. The third kappa shape index (κ3) is 4.74. The molecule has 0 saturated carbocycles. The van der Waals surface area contributed by atoms with E-state index in [0.717, 1.165) is 27.3 Å². The first-order chi connectivity index (χ1) is 15.9. The number of aliphatic imine (C=N–C) groups is 2. The number of ether oxygens (including phenoxy) is 1. The normalized spacial score (nSPS) is 18.0. The first-order valence-electron chi connectivity index (χ1n) is 10.2. The number of thioether (sulfide) groups is 1. The van der Waals surface area contributed by atoms with Gasteiger partial charge in [-0.2, -0.15) is 9.48 Å². The van der Waals surface area contributed by atoms with Gasteiger partial charge in [-0.3, -0.25) is 9.59 Å². The Bertz CT molecular complexity index is 1190. The molecule has 0 saturated heterocycles. The molecule has 0 spiro atoms. The van der Waals surface area contributed by atoms with Gasteiger partial charge in [0.05, 0.1) is 31.3 Å². The molecule has 1 unspecified atom stereocenters. The first-order valence-corrected chi connectivity index (χ1v) is 12.0. The van der Waals surface area contributed by atoms with E-state index in [2.05, 4.69) is 15.3 Å². The second-order valence-corrected chi connectivity index (χ2v) is 9.13. The lowest BCUT2D eigenvalue weighted by Gasteiger charge is -2.26. The SMILES string of the molecule is CCOc1ccc(NC(=O)CSC2=NC(c3cccs3)=NC3=[N+](C)C(=O)N(C)C(=O)C23)cc1. The Morgan fingerprint density at radius 1 is 1.24 bits per heavy atom. The molecule has 0 fully saturated rings. The molecule has 0 radical (unpaired) electrons. The van der Waals surface area contributed by atoms with Crippen molar-refractivity contribution in [1.29, 1.82) is 0 Å². The Morgan fingerprint density at radius 3 is 2.67 bits per heavy atom. The molecule has 4 rings (SSSR count). The third-order valence-corrected chi connectivity index (χ3v) is 6.87. The van der Waals surface area contributed by atoms with Crippen LogP contribution in [0.4, 0.5) is 10.5 Å². The highest BCUT2D eigenvalue weighted by atomic mass is 32.2. The topological polar surface area (TPSA) is 103 Å². The lowest BCUT2D eigenvalue weighted by Crippen LogP contribution is -2.54. The van der Waals surface area contributed by atoms with Crippen LogP contribution in [-0.4, -0.2) is 70.5 Å². The van der Waals surface area contributed by atoms with Gasteiger partial charge in [0.15, 0.2) is 5.92 Å². The number of urea groups is 1. The van der Waals surface area contributed by atoms with Gasteiger partial charge in [-0.25, -0.2) is 9.79 Å². The average Bonchev–Trinajstić information content (AvgIpc) is 3.36. The van der Waals surface area contributed by atoms with Gasteiger partial charge >= 0.3 is 11.9 Å². The summed E-state index contributed by atoms with van der Waals surface area (Å²) in [6.45, 7) is 2.47. The van der Waals surface area contributed by atoms with Crippen LogP contribution in [0.15, 0.2) is 51.8 Å². The van der Waals surface area contributed by atoms with Crippen LogP contribution in [0.1, 0.15) is 11.8 Å². The highest BCUT2D eigenvalue weighted by molar-refractivity contribution is 8.14. The van der Waals surface area contributed by atoms with E-state index in [1.807, 2.05) is 24.4 Å². The van der Waals surface area contributed by atoms with Gasteiger partial charge in [0, 0.05) is 5.69 Å². The lowest BCUT2D eigenvalue weighted by atomic mass is 10.0. The fraction of sp³-hybridized carbons (Fsp3) is 0.273. The van der Waals surface area contributed by atoms with Crippen molar-refractivity contribution in [2.24, 2.45) is 15.9 Å². The van der Waals surface area contributed by atoms with Crippen molar-refractivity contribution in [2.45, 2.75) is 6.92 Å². The molecule has 33 heavy (non-hydrogen) atoms. The van der Waals surface area contributed by atoms with E-state index < -0.39 is 17.9 Å². The van der Waals surface area contributed by atoms with Crippen LogP contribution in [-0.2, 0) is 9.59 Å². The van der Waals surface area contributed by atoms with E-state index in [0.29, 0.717) is 29.0 Å². The van der Waals surface area contributed by atoms with E-state index in [9.17, 15) is 14.4 Å². The van der Waals surface area contributed by atoms with Crippen LogP contribution in [0, 0.1) is 5.92 Å². The number of amides is 4. The Balaban J connectivity index is 1.55. The number of fused-ring (bicyclic) bond motifs is 1. The Kier molecular flexibility index (Phi) is 6.70. The molecule has 2 aromatic rings. The molecule has 1 aromatic heterocycles. The number of benzene rings is 1. The molecule has 170 valence electrons. The zero-order valence-electron chi connectivity index (χ0n) is 18.3. The van der Waals surface area contributed by atoms with Gasteiger partial charge < -0.3 is 10.1 Å². The molecule has 0 bridgehead atoms. The maximum absolute atomic E-state index is 12.9. The maximum atomic E-state index is 12.9. The number of anilines is 1. The summed E-state index contributed by atoms with van der Waals surface area (Å²) in [7, 11) is 3.01. The van der Waals surface area contributed by atoms with Crippen molar-refractivity contribution in [3.63, 3.8) is 0 Å². The van der Waals surface area contributed by atoms with Crippen molar-refractivity contribution in [3.8, 4) is 5.75 Å². The standard InChI is InChI=1S/C22H21N5O4S2/c1-4-31-14-9-7-13(8-10-14)23-16(28)12-33-20-17-19(26(2)22(30)27(3)21(17)29)24-18(25-20)15-6-5-11-32-15/h5-11,17H,4,12H2,1-3H3/p+1. The summed E-state index contributed by atoms with van der Waals surface area (Å²) >= 11 is 2.62. The average molecular weight is 485 g/mol. The summed E-state index contributed by atoms with van der Waals surface area (Å²) in [5, 5.41) is 5.16. The van der Waals surface area contributed by atoms with Crippen molar-refractivity contribution in [3.05, 3.63) is 46.7 Å². The molecule has 0 aliphatic carbocycles. The van der Waals surface area contributed by atoms with Crippen LogP contribution in [0.25, 0.3) is 0 Å². The number of imide groups is 1. The Hall–Kier alpha value is -3.31. The Labute approximate surface area is 198 Å². The van der Waals surface area contributed by atoms with Gasteiger partial charge in [0.25, 0.3) is 5.84 Å². The monoisotopic (exact) mass is 484 g/mol. The number of hydrogen-bond donors (Lipinski definition) is 1. The predicted octanol–water partition coefficient (Wildman–Crippen LogP) is 2.93. The van der Waals surface area contributed by atoms with Gasteiger partial charge in [-0.15, -0.1) is 11.3 Å². The fourth-order valence-corrected chi connectivity index (χ4v) is 4.87. The molecule has 2 aliphatic heterocycles. The third-order valence-electron chi connectivity index (χ3n) is 4.98.